The molecule has 9 atom stereocenters. The van der Waals surface area contributed by atoms with Crippen LogP contribution in [0.4, 0.5) is 0 Å². The summed E-state index contributed by atoms with van der Waals surface area (Å²) in [6.07, 6.45) is -3.16. The van der Waals surface area contributed by atoms with E-state index in [1.165, 1.54) is 0 Å². The van der Waals surface area contributed by atoms with Crippen LogP contribution in [0.1, 0.15) is 19.3 Å². The van der Waals surface area contributed by atoms with Crippen LogP contribution in [0, 0.1) is 0 Å². The third kappa shape index (κ3) is 4.10. The second kappa shape index (κ2) is 8.20. The Labute approximate surface area is 145 Å². The van der Waals surface area contributed by atoms with Crippen LogP contribution < -0.4 is 22.9 Å². The lowest BCUT2D eigenvalue weighted by atomic mass is 9.81. The summed E-state index contributed by atoms with van der Waals surface area (Å²) in [5.74, 6) is -2.33. The van der Waals surface area contributed by atoms with Crippen molar-refractivity contribution < 1.29 is 34.3 Å². The van der Waals surface area contributed by atoms with Crippen LogP contribution >= 0.6 is 0 Å². The highest BCUT2D eigenvalue weighted by atomic mass is 16.7. The third-order valence-electron chi connectivity index (χ3n) is 4.87. The quantitative estimate of drug-likeness (QED) is 0.177. The van der Waals surface area contributed by atoms with Crippen LogP contribution in [-0.2, 0) is 19.0 Å². The molecule has 0 aromatic rings. The van der Waals surface area contributed by atoms with Gasteiger partial charge in [0.05, 0.1) is 30.8 Å². The second-order valence-electron chi connectivity index (χ2n) is 6.65. The summed E-state index contributed by atoms with van der Waals surface area (Å²) >= 11 is 0. The van der Waals surface area contributed by atoms with Crippen LogP contribution in [0.5, 0.6) is 0 Å². The van der Waals surface area contributed by atoms with Gasteiger partial charge in [0.25, 0.3) is 12.3 Å². The number of ether oxygens (including phenoxy) is 3. The molecule has 0 aromatic heterocycles. The van der Waals surface area contributed by atoms with Crippen LogP contribution in [-0.4, -0.2) is 83.0 Å². The van der Waals surface area contributed by atoms with E-state index in [-0.39, 0.29) is 19.5 Å². The van der Waals surface area contributed by atoms with E-state index in [1.807, 2.05) is 0 Å². The number of carbonyl (C=O) groups is 1. The Balaban J connectivity index is 2.11. The van der Waals surface area contributed by atoms with Gasteiger partial charge in [-0.05, 0) is 19.3 Å². The first-order valence-corrected chi connectivity index (χ1v) is 8.20. The van der Waals surface area contributed by atoms with Crippen molar-refractivity contribution in [3.05, 3.63) is 0 Å². The number of aliphatic hydroxyl groups excluding tert-OH is 2. The van der Waals surface area contributed by atoms with Crippen LogP contribution in [0.3, 0.4) is 0 Å². The third-order valence-corrected chi connectivity index (χ3v) is 4.87. The van der Waals surface area contributed by atoms with Crippen molar-refractivity contribution >= 4 is 6.47 Å². The molecule has 1 unspecified atom stereocenters. The molecule has 11 nitrogen and oxygen atoms in total. The van der Waals surface area contributed by atoms with E-state index >= 15 is 0 Å². The largest absolute Gasteiger partial charge is 0.431 e. The summed E-state index contributed by atoms with van der Waals surface area (Å²) in [5.41, 5.74) is 23.5. The summed E-state index contributed by atoms with van der Waals surface area (Å²) in [5, 5.41) is 30.0. The zero-order valence-electron chi connectivity index (χ0n) is 13.8. The maximum atomic E-state index is 10.6. The molecule has 1 aliphatic carbocycles. The summed E-state index contributed by atoms with van der Waals surface area (Å²) in [7, 11) is 0. The highest BCUT2D eigenvalue weighted by Crippen LogP contribution is 2.32. The zero-order valence-corrected chi connectivity index (χ0v) is 13.8. The molecule has 146 valence electrons. The molecule has 11 heteroatoms. The molecule has 1 aliphatic heterocycles. The molecule has 0 radical (unpaired) electrons. The van der Waals surface area contributed by atoms with Crippen molar-refractivity contribution in [2.24, 2.45) is 22.9 Å². The first-order chi connectivity index (χ1) is 11.7. The van der Waals surface area contributed by atoms with E-state index in [0.717, 1.165) is 0 Å². The Kier molecular flexibility index (Phi) is 6.70. The molecule has 1 saturated heterocycles. The number of nitrogens with two attached hydrogens (primary N) is 4. The van der Waals surface area contributed by atoms with Crippen molar-refractivity contribution in [1.29, 1.82) is 0 Å². The monoisotopic (exact) mass is 364 g/mol. The number of carbonyl (C=O) groups excluding carboxylic acids is 1. The van der Waals surface area contributed by atoms with Gasteiger partial charge in [-0.2, -0.15) is 0 Å². The van der Waals surface area contributed by atoms with E-state index in [1.54, 1.807) is 0 Å². The van der Waals surface area contributed by atoms with E-state index in [9.17, 15) is 15.0 Å². The molecular formula is C14H28N4O7. The molecule has 1 heterocycles. The normalized spacial score (nSPS) is 46.4. The summed E-state index contributed by atoms with van der Waals surface area (Å²) in [4.78, 5) is 10.6. The Morgan fingerprint density at radius 1 is 1.28 bits per heavy atom. The molecule has 2 rings (SSSR count). The lowest BCUT2D eigenvalue weighted by Gasteiger charge is -2.48. The maximum Gasteiger partial charge on any atom is 0.295 e. The number of aliphatic hydroxyl groups is 3. The summed E-state index contributed by atoms with van der Waals surface area (Å²) in [6, 6.07) is -2.95. The SMILES string of the molecule is NC1CC[C@@H]([C@H](N)CO)O[C@@H]1O[C@H]1[C@@H](O)[C@@](O)(OC=O)[C@H](N)C[C@@H]1N. The molecule has 0 aromatic carbocycles. The highest BCUT2D eigenvalue weighted by Gasteiger charge is 2.55. The number of hydrogen-bond donors (Lipinski definition) is 7. The van der Waals surface area contributed by atoms with E-state index < -0.39 is 54.6 Å². The molecular weight excluding hydrogens is 336 g/mol. The lowest BCUT2D eigenvalue weighted by molar-refractivity contribution is -0.313. The fourth-order valence-corrected chi connectivity index (χ4v) is 3.25. The van der Waals surface area contributed by atoms with E-state index in [0.29, 0.717) is 12.8 Å². The summed E-state index contributed by atoms with van der Waals surface area (Å²) < 4.78 is 16.0. The van der Waals surface area contributed by atoms with Crippen LogP contribution in [0.25, 0.3) is 0 Å². The van der Waals surface area contributed by atoms with Crippen molar-refractivity contribution in [2.45, 2.75) is 73.8 Å². The molecule has 0 spiro atoms. The van der Waals surface area contributed by atoms with Gasteiger partial charge in [-0.1, -0.05) is 0 Å². The van der Waals surface area contributed by atoms with Crippen molar-refractivity contribution in [3.63, 3.8) is 0 Å². The van der Waals surface area contributed by atoms with Crippen molar-refractivity contribution in [2.75, 3.05) is 6.61 Å². The number of rotatable bonds is 6. The molecule has 1 saturated carbocycles. The minimum absolute atomic E-state index is 0.00384. The predicted octanol–water partition coefficient (Wildman–Crippen LogP) is -4.20. The average Bonchev–Trinajstić information content (AvgIpc) is 2.58. The smallest absolute Gasteiger partial charge is 0.295 e. The van der Waals surface area contributed by atoms with Crippen molar-refractivity contribution in [1.82, 2.24) is 0 Å². The second-order valence-corrected chi connectivity index (χ2v) is 6.65. The highest BCUT2D eigenvalue weighted by molar-refractivity contribution is 5.38. The van der Waals surface area contributed by atoms with Gasteiger partial charge in [0.2, 0.25) is 0 Å². The summed E-state index contributed by atoms with van der Waals surface area (Å²) in [6.45, 7) is -0.268. The van der Waals surface area contributed by atoms with Gasteiger partial charge in [0, 0.05) is 6.04 Å². The molecule has 11 N–H and O–H groups in total. The molecule has 0 bridgehead atoms. The molecule has 2 fully saturated rings. The predicted molar refractivity (Wildman–Crippen MR) is 84.5 cm³/mol. The Hall–Kier alpha value is -0.890. The van der Waals surface area contributed by atoms with Crippen molar-refractivity contribution in [3.8, 4) is 0 Å². The van der Waals surface area contributed by atoms with Crippen LogP contribution in [0.2, 0.25) is 0 Å². The lowest BCUT2D eigenvalue weighted by Crippen LogP contribution is -2.71. The Morgan fingerprint density at radius 2 is 1.96 bits per heavy atom. The Bertz CT molecular complexity index is 459. The van der Waals surface area contributed by atoms with E-state index in [2.05, 4.69) is 4.74 Å². The van der Waals surface area contributed by atoms with E-state index in [4.69, 9.17) is 37.5 Å². The molecule has 0 amide bonds. The maximum absolute atomic E-state index is 10.6. The first kappa shape index (κ1) is 20.4. The average molecular weight is 364 g/mol. The van der Waals surface area contributed by atoms with Gasteiger partial charge in [0.15, 0.2) is 6.29 Å². The van der Waals surface area contributed by atoms with Gasteiger partial charge in [0.1, 0.15) is 12.2 Å². The fraction of sp³-hybridized carbons (Fsp3) is 0.929. The fourth-order valence-electron chi connectivity index (χ4n) is 3.25. The van der Waals surface area contributed by atoms with Gasteiger partial charge in [-0.3, -0.25) is 4.79 Å². The first-order valence-electron chi connectivity index (χ1n) is 8.20. The van der Waals surface area contributed by atoms with Crippen LogP contribution in [0.15, 0.2) is 0 Å². The van der Waals surface area contributed by atoms with Gasteiger partial charge >= 0.3 is 0 Å². The number of hydrogen-bond acceptors (Lipinski definition) is 11. The van der Waals surface area contributed by atoms with Gasteiger partial charge in [-0.15, -0.1) is 0 Å². The zero-order chi connectivity index (χ0) is 18.8. The molecule has 25 heavy (non-hydrogen) atoms. The minimum atomic E-state index is -2.33. The van der Waals surface area contributed by atoms with Gasteiger partial charge in [-0.25, -0.2) is 0 Å². The van der Waals surface area contributed by atoms with Gasteiger partial charge < -0.3 is 52.5 Å². The topological polar surface area (TPSA) is 210 Å². The minimum Gasteiger partial charge on any atom is -0.431 e. The standard InChI is InChI=1S/C14H28N4O7/c15-6-1-2-9(8(17)4-19)24-13(6)25-11-7(16)3-10(18)14(22,12(11)21)23-5-20/h5-13,19,21-22H,1-4,15-18H2/t6?,7-,8+,9-,10+,11+,12+,13+,14-/m0/s1. The molecule has 2 aliphatic rings. The Morgan fingerprint density at radius 3 is 2.56 bits per heavy atom.